The van der Waals surface area contributed by atoms with Gasteiger partial charge < -0.3 is 14.2 Å². The summed E-state index contributed by atoms with van der Waals surface area (Å²) in [6.45, 7) is 6.90. The van der Waals surface area contributed by atoms with E-state index < -0.39 is 12.3 Å². The summed E-state index contributed by atoms with van der Waals surface area (Å²) in [4.78, 5) is 11.0. The van der Waals surface area contributed by atoms with E-state index in [9.17, 15) is 4.79 Å². The van der Waals surface area contributed by atoms with Gasteiger partial charge in [0.15, 0.2) is 0 Å². The first kappa shape index (κ1) is 21.0. The number of carbonyl (C=O) groups is 1. The van der Waals surface area contributed by atoms with Gasteiger partial charge in [-0.15, -0.1) is 0 Å². The third-order valence-electron chi connectivity index (χ3n) is 3.60. The van der Waals surface area contributed by atoms with Crippen molar-refractivity contribution in [1.29, 1.82) is 0 Å². The van der Waals surface area contributed by atoms with E-state index in [0.717, 1.165) is 6.42 Å². The van der Waals surface area contributed by atoms with Crippen molar-refractivity contribution in [3.63, 3.8) is 0 Å². The normalized spacial score (nSPS) is 11.9. The Kier molecular flexibility index (Phi) is 15.6. The topological polar surface area (TPSA) is 44.8 Å². The van der Waals surface area contributed by atoms with Crippen molar-refractivity contribution >= 4 is 6.16 Å². The maximum absolute atomic E-state index is 11.0. The first-order valence-corrected chi connectivity index (χ1v) is 8.69. The number of rotatable bonds is 15. The molecule has 130 valence electrons. The lowest BCUT2D eigenvalue weighted by atomic mass is 10.1. The minimum Gasteiger partial charge on any atom is -0.438 e. The van der Waals surface area contributed by atoms with Crippen LogP contribution < -0.4 is 0 Å². The second kappa shape index (κ2) is 16.3. The Labute approximate surface area is 136 Å². The number of hydrogen-bond donors (Lipinski definition) is 0. The largest absolute Gasteiger partial charge is 0.508 e. The van der Waals surface area contributed by atoms with Crippen LogP contribution in [0.25, 0.3) is 0 Å². The van der Waals surface area contributed by atoms with Crippen molar-refractivity contribution in [1.82, 2.24) is 0 Å². The zero-order valence-corrected chi connectivity index (χ0v) is 14.5. The van der Waals surface area contributed by atoms with Crippen molar-refractivity contribution in [3.8, 4) is 0 Å². The number of carbonyl (C=O) groups excluding carboxylic acids is 1. The summed E-state index contributed by atoms with van der Waals surface area (Å²) >= 11 is 0. The predicted octanol–water partition coefficient (Wildman–Crippen LogP) is 5.26. The zero-order valence-electron chi connectivity index (χ0n) is 14.5. The molecular formula is C18H34O4. The molecule has 4 nitrogen and oxygen atoms in total. The minimum atomic E-state index is -0.701. The van der Waals surface area contributed by atoms with Crippen LogP contribution in [-0.4, -0.2) is 32.6 Å². The first-order chi connectivity index (χ1) is 10.7. The van der Waals surface area contributed by atoms with E-state index in [1.807, 2.05) is 0 Å². The lowest BCUT2D eigenvalue weighted by Gasteiger charge is -2.13. The molecule has 0 fully saturated rings. The molecule has 0 aliphatic rings. The third-order valence-corrected chi connectivity index (χ3v) is 3.60. The van der Waals surface area contributed by atoms with Crippen LogP contribution in [0.5, 0.6) is 0 Å². The molecule has 0 N–H and O–H groups in total. The molecule has 0 bridgehead atoms. The quantitative estimate of drug-likeness (QED) is 0.235. The van der Waals surface area contributed by atoms with Crippen LogP contribution in [0, 0.1) is 0 Å². The monoisotopic (exact) mass is 314 g/mol. The number of ether oxygens (including phenoxy) is 3. The average Bonchev–Trinajstić information content (AvgIpc) is 2.54. The molecule has 4 heteroatoms. The first-order valence-electron chi connectivity index (χ1n) is 8.69. The van der Waals surface area contributed by atoms with Crippen LogP contribution in [0.15, 0.2) is 12.7 Å². The highest BCUT2D eigenvalue weighted by molar-refractivity contribution is 5.60. The fourth-order valence-corrected chi connectivity index (χ4v) is 2.21. The van der Waals surface area contributed by atoms with E-state index in [4.69, 9.17) is 9.47 Å². The number of unbranched alkanes of at least 4 members (excludes halogenated alkanes) is 9. The molecule has 0 spiro atoms. The standard InChI is InChI=1S/C18H34O4/c1-4-6-7-8-9-10-11-12-13-14-15-21-16-17(5-2)22-18(19)20-3/h5,17H,2,4,6-16H2,1,3H3. The molecule has 0 aromatic rings. The summed E-state index contributed by atoms with van der Waals surface area (Å²) in [6, 6.07) is 0. The molecule has 0 aliphatic carbocycles. The van der Waals surface area contributed by atoms with E-state index in [1.165, 1.54) is 64.9 Å². The maximum Gasteiger partial charge on any atom is 0.508 e. The van der Waals surface area contributed by atoms with Crippen LogP contribution >= 0.6 is 0 Å². The van der Waals surface area contributed by atoms with E-state index in [-0.39, 0.29) is 0 Å². The Morgan fingerprint density at radius 3 is 2.05 bits per heavy atom. The van der Waals surface area contributed by atoms with Crippen LogP contribution in [0.2, 0.25) is 0 Å². The smallest absolute Gasteiger partial charge is 0.438 e. The van der Waals surface area contributed by atoms with Crippen molar-refractivity contribution in [2.24, 2.45) is 0 Å². The molecule has 0 rings (SSSR count). The summed E-state index contributed by atoms with van der Waals surface area (Å²) in [6.07, 6.45) is 13.5. The summed E-state index contributed by atoms with van der Waals surface area (Å²) in [7, 11) is 1.28. The molecule has 22 heavy (non-hydrogen) atoms. The molecule has 0 aromatic heterocycles. The summed E-state index contributed by atoms with van der Waals surface area (Å²) in [5.41, 5.74) is 0. The minimum absolute atomic E-state index is 0.343. The molecule has 1 atom stereocenters. The second-order valence-electron chi connectivity index (χ2n) is 5.60. The highest BCUT2D eigenvalue weighted by Crippen LogP contribution is 2.10. The second-order valence-corrected chi connectivity index (χ2v) is 5.60. The van der Waals surface area contributed by atoms with Gasteiger partial charge in [0.1, 0.15) is 6.10 Å². The summed E-state index contributed by atoms with van der Waals surface area (Å²) in [5.74, 6) is 0. The molecule has 0 amide bonds. The van der Waals surface area contributed by atoms with Crippen LogP contribution in [-0.2, 0) is 14.2 Å². The van der Waals surface area contributed by atoms with Gasteiger partial charge in [0.05, 0.1) is 13.7 Å². The van der Waals surface area contributed by atoms with Crippen LogP contribution in [0.4, 0.5) is 4.79 Å². The molecule has 0 saturated heterocycles. The van der Waals surface area contributed by atoms with Gasteiger partial charge in [-0.1, -0.05) is 71.3 Å². The molecule has 0 aliphatic heterocycles. The molecule has 0 radical (unpaired) electrons. The maximum atomic E-state index is 11.0. The van der Waals surface area contributed by atoms with E-state index in [1.54, 1.807) is 6.08 Å². The lowest BCUT2D eigenvalue weighted by molar-refractivity contribution is 0.00893. The van der Waals surface area contributed by atoms with Crippen molar-refractivity contribution < 1.29 is 19.0 Å². The highest BCUT2D eigenvalue weighted by Gasteiger charge is 2.10. The van der Waals surface area contributed by atoms with Gasteiger partial charge in [-0.05, 0) is 12.5 Å². The SMILES string of the molecule is C=CC(COCCCCCCCCCCCC)OC(=O)OC. The van der Waals surface area contributed by atoms with Crippen molar-refractivity contribution in [3.05, 3.63) is 12.7 Å². The fourth-order valence-electron chi connectivity index (χ4n) is 2.21. The molecule has 1 unspecified atom stereocenters. The van der Waals surface area contributed by atoms with Gasteiger partial charge >= 0.3 is 6.16 Å². The number of methoxy groups -OCH3 is 1. The van der Waals surface area contributed by atoms with Gasteiger partial charge in [0.25, 0.3) is 0 Å². The summed E-state index contributed by atoms with van der Waals surface area (Å²) in [5, 5.41) is 0. The predicted molar refractivity (Wildman–Crippen MR) is 90.1 cm³/mol. The van der Waals surface area contributed by atoms with Crippen molar-refractivity contribution in [2.45, 2.75) is 77.2 Å². The van der Waals surface area contributed by atoms with Crippen LogP contribution in [0.1, 0.15) is 71.1 Å². The zero-order chi connectivity index (χ0) is 16.5. The van der Waals surface area contributed by atoms with E-state index in [2.05, 4.69) is 18.2 Å². The summed E-state index contributed by atoms with van der Waals surface area (Å²) < 4.78 is 14.9. The molecule has 0 heterocycles. The molecular weight excluding hydrogens is 280 g/mol. The Hall–Kier alpha value is -1.03. The van der Waals surface area contributed by atoms with Gasteiger partial charge in [-0.2, -0.15) is 0 Å². The van der Waals surface area contributed by atoms with Gasteiger partial charge in [0, 0.05) is 6.61 Å². The Morgan fingerprint density at radius 2 is 1.55 bits per heavy atom. The fraction of sp³-hybridized carbons (Fsp3) is 0.833. The Bertz CT molecular complexity index is 266. The van der Waals surface area contributed by atoms with Gasteiger partial charge in [-0.25, -0.2) is 4.79 Å². The average molecular weight is 314 g/mol. The third kappa shape index (κ3) is 13.9. The highest BCUT2D eigenvalue weighted by atomic mass is 16.7. The van der Waals surface area contributed by atoms with Gasteiger partial charge in [0.2, 0.25) is 0 Å². The van der Waals surface area contributed by atoms with Crippen LogP contribution in [0.3, 0.4) is 0 Å². The molecule has 0 aromatic carbocycles. The molecule has 0 saturated carbocycles. The Balaban J connectivity index is 3.28. The lowest BCUT2D eigenvalue weighted by Crippen LogP contribution is -2.21. The van der Waals surface area contributed by atoms with Gasteiger partial charge in [-0.3, -0.25) is 0 Å². The number of hydrogen-bond acceptors (Lipinski definition) is 4. The van der Waals surface area contributed by atoms with E-state index in [0.29, 0.717) is 13.2 Å². The van der Waals surface area contributed by atoms with E-state index >= 15 is 0 Å². The Morgan fingerprint density at radius 1 is 1.00 bits per heavy atom. The van der Waals surface area contributed by atoms with Crippen molar-refractivity contribution in [2.75, 3.05) is 20.3 Å².